The Hall–Kier alpha value is -1.42. The molecule has 2 aliphatic rings. The van der Waals surface area contributed by atoms with Crippen molar-refractivity contribution in [1.82, 2.24) is 0 Å². The number of hydrogen-bond acceptors (Lipinski definition) is 6. The summed E-state index contributed by atoms with van der Waals surface area (Å²) >= 11 is -1.38. The van der Waals surface area contributed by atoms with Crippen LogP contribution in [0.3, 0.4) is 0 Å². The fourth-order valence-corrected chi connectivity index (χ4v) is 8.19. The Kier molecular flexibility index (Phi) is 5.66. The second kappa shape index (κ2) is 7.37. The second-order valence-corrected chi connectivity index (χ2v) is 11.7. The molecule has 160 valence electrons. The van der Waals surface area contributed by atoms with Gasteiger partial charge in [0.2, 0.25) is 0 Å². The summed E-state index contributed by atoms with van der Waals surface area (Å²) in [5.74, 6) is -0.817. The molecule has 0 aromatic heterocycles. The topological polar surface area (TPSA) is 82.0 Å². The molecular weight excluding hydrogens is 478 g/mol. The third kappa shape index (κ3) is 3.73. The molecule has 1 aromatic rings. The van der Waals surface area contributed by atoms with Crippen molar-refractivity contribution >= 4 is 37.1 Å². The molecule has 0 spiro atoms. The van der Waals surface area contributed by atoms with Crippen LogP contribution >= 0.6 is 0 Å². The number of nitrogens with zero attached hydrogens (tertiary/aromatic N) is 1. The molecule has 0 aliphatic heterocycles. The molecule has 0 heterocycles. The molecule has 0 radical (unpaired) electrons. The summed E-state index contributed by atoms with van der Waals surface area (Å²) in [6, 6.07) is 8.16. The zero-order valence-corrected chi connectivity index (χ0v) is 18.4. The molecular formula is C18H20F3NO5SSe. The monoisotopic (exact) mass is 499 g/mol. The predicted molar refractivity (Wildman–Crippen MR) is 99.5 cm³/mol. The van der Waals surface area contributed by atoms with Crippen LogP contribution in [0.25, 0.3) is 0 Å². The van der Waals surface area contributed by atoms with E-state index in [1.807, 2.05) is 20.8 Å². The number of carbonyl (C=O) groups excluding carboxylic acids is 1. The van der Waals surface area contributed by atoms with Gasteiger partial charge in [0.15, 0.2) is 0 Å². The molecule has 6 nitrogen and oxygen atoms in total. The van der Waals surface area contributed by atoms with Crippen molar-refractivity contribution in [2.45, 2.75) is 43.9 Å². The molecule has 2 bridgehead atoms. The summed E-state index contributed by atoms with van der Waals surface area (Å²) in [5, 5.41) is 4.02. The molecule has 2 aliphatic carbocycles. The van der Waals surface area contributed by atoms with Gasteiger partial charge < -0.3 is 0 Å². The number of benzene rings is 1. The van der Waals surface area contributed by atoms with Gasteiger partial charge in [-0.1, -0.05) is 0 Å². The minimum absolute atomic E-state index is 0.120. The van der Waals surface area contributed by atoms with E-state index >= 15 is 0 Å². The van der Waals surface area contributed by atoms with Gasteiger partial charge in [0.1, 0.15) is 0 Å². The van der Waals surface area contributed by atoms with E-state index in [1.54, 1.807) is 30.3 Å². The molecule has 2 fully saturated rings. The fourth-order valence-electron chi connectivity index (χ4n) is 4.14. The van der Waals surface area contributed by atoms with Gasteiger partial charge >= 0.3 is 173 Å². The summed E-state index contributed by atoms with van der Waals surface area (Å²) < 4.78 is 65.1. The van der Waals surface area contributed by atoms with Crippen LogP contribution in [-0.4, -0.2) is 40.9 Å². The van der Waals surface area contributed by atoms with Crippen LogP contribution in [0, 0.1) is 16.7 Å². The van der Waals surface area contributed by atoms with Crippen molar-refractivity contribution < 1.29 is 34.5 Å². The summed E-state index contributed by atoms with van der Waals surface area (Å²) in [5.41, 5.74) is -5.71. The third-order valence-corrected chi connectivity index (χ3v) is 10.3. The number of fused-ring (bicyclic) bond motifs is 2. The van der Waals surface area contributed by atoms with Gasteiger partial charge in [-0.3, -0.25) is 0 Å². The number of hydrogen-bond donors (Lipinski definition) is 0. The van der Waals surface area contributed by atoms with Crippen LogP contribution in [0.1, 0.15) is 44.0 Å². The molecule has 3 atom stereocenters. The Balaban J connectivity index is 1.87. The van der Waals surface area contributed by atoms with Crippen molar-refractivity contribution in [2.24, 2.45) is 21.9 Å². The number of alkyl halides is 3. The molecule has 0 unspecified atom stereocenters. The molecule has 2 saturated carbocycles. The van der Waals surface area contributed by atoms with Gasteiger partial charge in [-0.2, -0.15) is 0 Å². The van der Waals surface area contributed by atoms with E-state index < -0.39 is 47.1 Å². The maximum absolute atomic E-state index is 12.7. The van der Waals surface area contributed by atoms with E-state index in [2.05, 4.69) is 8.42 Å². The van der Waals surface area contributed by atoms with Gasteiger partial charge in [0.25, 0.3) is 0 Å². The van der Waals surface area contributed by atoms with Gasteiger partial charge in [-0.15, -0.1) is 0 Å². The Bertz CT molecular complexity index is 933. The zero-order chi connectivity index (χ0) is 21.7. The first kappa shape index (κ1) is 22.3. The molecule has 11 heteroatoms. The second-order valence-electron chi connectivity index (χ2n) is 7.90. The van der Waals surface area contributed by atoms with Gasteiger partial charge in [0, 0.05) is 0 Å². The molecule has 3 rings (SSSR count). The van der Waals surface area contributed by atoms with Crippen LogP contribution < -0.4 is 0 Å². The summed E-state index contributed by atoms with van der Waals surface area (Å²) in [6.07, 6.45) is 1.42. The van der Waals surface area contributed by atoms with E-state index in [4.69, 9.17) is 4.84 Å². The molecule has 1 aromatic carbocycles. The van der Waals surface area contributed by atoms with Crippen molar-refractivity contribution in [2.75, 3.05) is 0 Å². The normalized spacial score (nSPS) is 29.9. The zero-order valence-electron chi connectivity index (χ0n) is 15.9. The van der Waals surface area contributed by atoms with Crippen LogP contribution in [-0.2, 0) is 18.2 Å². The van der Waals surface area contributed by atoms with Crippen LogP contribution in [0.5, 0.6) is 0 Å². The number of rotatable bonds is 5. The summed E-state index contributed by atoms with van der Waals surface area (Å²) in [4.78, 5) is 16.7. The predicted octanol–water partition coefficient (Wildman–Crippen LogP) is 3.93. The molecule has 0 saturated heterocycles. The number of carbonyl (C=O) groups is 1. The van der Waals surface area contributed by atoms with E-state index in [0.717, 1.165) is 0 Å². The first-order valence-electron chi connectivity index (χ1n) is 8.82. The standard InChI is InChI=1S/C18H20F3NO5SSe/c1-16(2)12-9-10-17(16,3)14(13(12)29-27-28(24,25)18(19,20)21)22-26-15(23)11-7-5-4-6-8-11/h4-8,12-13H,9-10H2,1-3H3/b22-14-/t12-,13+,17+/m1/s1. The first-order valence-corrected chi connectivity index (χ1v) is 11.9. The van der Waals surface area contributed by atoms with Crippen molar-refractivity contribution in [1.29, 1.82) is 0 Å². The van der Waals surface area contributed by atoms with E-state index in [-0.39, 0.29) is 16.9 Å². The van der Waals surface area contributed by atoms with Gasteiger partial charge in [0.05, 0.1) is 0 Å². The van der Waals surface area contributed by atoms with Crippen LogP contribution in [0.2, 0.25) is 4.82 Å². The average Bonchev–Trinajstić information content (AvgIpc) is 2.96. The summed E-state index contributed by atoms with van der Waals surface area (Å²) in [6.45, 7) is 5.84. The van der Waals surface area contributed by atoms with Gasteiger partial charge in [-0.05, 0) is 0 Å². The summed E-state index contributed by atoms with van der Waals surface area (Å²) in [7, 11) is -5.69. The Morgan fingerprint density at radius 2 is 1.83 bits per heavy atom. The van der Waals surface area contributed by atoms with E-state index in [1.165, 1.54) is 0 Å². The Morgan fingerprint density at radius 1 is 1.21 bits per heavy atom. The third-order valence-electron chi connectivity index (χ3n) is 6.26. The number of halogens is 3. The van der Waals surface area contributed by atoms with Crippen molar-refractivity contribution in [3.63, 3.8) is 0 Å². The minimum atomic E-state index is -5.69. The fraction of sp³-hybridized carbons (Fsp3) is 0.556. The SMILES string of the molecule is CC1(C)[C@@H]2CC[C@@]1(C)/C(=N\OC(=O)c1ccccc1)[C@H]2[Se]OS(=O)(=O)C(F)(F)F. The quantitative estimate of drug-likeness (QED) is 0.266. The molecule has 0 amide bonds. The molecule has 29 heavy (non-hydrogen) atoms. The Morgan fingerprint density at radius 3 is 2.41 bits per heavy atom. The number of oxime groups is 1. The maximum atomic E-state index is 12.7. The van der Waals surface area contributed by atoms with Crippen LogP contribution in [0.4, 0.5) is 13.2 Å². The van der Waals surface area contributed by atoms with Crippen molar-refractivity contribution in [3.8, 4) is 0 Å². The van der Waals surface area contributed by atoms with Crippen LogP contribution in [0.15, 0.2) is 35.5 Å². The van der Waals surface area contributed by atoms with E-state index in [9.17, 15) is 26.4 Å². The molecule has 0 N–H and O–H groups in total. The average molecular weight is 498 g/mol. The first-order chi connectivity index (χ1) is 13.3. The Labute approximate surface area is 173 Å². The van der Waals surface area contributed by atoms with E-state index in [0.29, 0.717) is 18.6 Å². The van der Waals surface area contributed by atoms with Crippen molar-refractivity contribution in [3.05, 3.63) is 35.9 Å². The van der Waals surface area contributed by atoms with Gasteiger partial charge in [-0.25, -0.2) is 0 Å².